The molecule has 0 radical (unpaired) electrons. The van der Waals surface area contributed by atoms with E-state index in [9.17, 15) is 9.18 Å². The van der Waals surface area contributed by atoms with Gasteiger partial charge in [-0.25, -0.2) is 29.3 Å². The average Bonchev–Trinajstić information content (AvgIpc) is 3.39. The molecule has 0 atom stereocenters. The number of carbonyl (C=O) groups excluding carboxylic acids is 1. The lowest BCUT2D eigenvalue weighted by atomic mass is 10.1. The van der Waals surface area contributed by atoms with E-state index in [-0.39, 0.29) is 5.91 Å². The van der Waals surface area contributed by atoms with Crippen molar-refractivity contribution in [1.29, 1.82) is 0 Å². The average molecular weight is 510 g/mol. The van der Waals surface area contributed by atoms with E-state index in [0.29, 0.717) is 40.3 Å². The molecule has 0 unspecified atom stereocenters. The van der Waals surface area contributed by atoms with Gasteiger partial charge in [0.1, 0.15) is 24.6 Å². The molecule has 0 aliphatic rings. The molecule has 5 aromatic rings. The van der Waals surface area contributed by atoms with Gasteiger partial charge in [-0.2, -0.15) is 0 Å². The standard InChI is InChI=1S/C27H24FN9O/c1-17-6-7-21(34-25(38)20-5-3-4-19(12-20)15-28)13-22(17)35-27-30-10-11-37(27)24-14-23(31-16-32-24)36-26-29-9-8-18(2)33-26/h3-14,16H,15H2,1-2H3,(H,30,35)(H,34,38)(H,29,31,32,33,36). The molecule has 3 heterocycles. The Morgan fingerprint density at radius 3 is 2.68 bits per heavy atom. The summed E-state index contributed by atoms with van der Waals surface area (Å²) >= 11 is 0. The van der Waals surface area contributed by atoms with Gasteiger partial charge in [0.05, 0.1) is 0 Å². The summed E-state index contributed by atoms with van der Waals surface area (Å²) in [6.07, 6.45) is 6.54. The van der Waals surface area contributed by atoms with E-state index in [0.717, 1.165) is 16.9 Å². The highest BCUT2D eigenvalue weighted by Crippen LogP contribution is 2.26. The number of carbonyl (C=O) groups is 1. The van der Waals surface area contributed by atoms with Crippen LogP contribution < -0.4 is 16.0 Å². The topological polar surface area (TPSA) is 123 Å². The van der Waals surface area contributed by atoms with E-state index in [1.54, 1.807) is 53.5 Å². The number of nitrogens with one attached hydrogen (secondary N) is 3. The Morgan fingerprint density at radius 2 is 1.84 bits per heavy atom. The van der Waals surface area contributed by atoms with E-state index in [1.807, 2.05) is 32.0 Å². The Bertz CT molecular complexity index is 1600. The Balaban J connectivity index is 1.35. The molecule has 0 aliphatic heterocycles. The lowest BCUT2D eigenvalue weighted by Crippen LogP contribution is -2.12. The van der Waals surface area contributed by atoms with E-state index in [2.05, 4.69) is 40.9 Å². The first kappa shape index (κ1) is 24.5. The zero-order valence-corrected chi connectivity index (χ0v) is 20.7. The zero-order chi connectivity index (χ0) is 26.5. The Hall–Kier alpha value is -5.19. The second-order valence-corrected chi connectivity index (χ2v) is 8.47. The normalized spacial score (nSPS) is 10.7. The van der Waals surface area contributed by atoms with Crippen LogP contribution in [0.1, 0.15) is 27.2 Å². The van der Waals surface area contributed by atoms with Crippen LogP contribution >= 0.6 is 0 Å². The summed E-state index contributed by atoms with van der Waals surface area (Å²) in [7, 11) is 0. The van der Waals surface area contributed by atoms with Crippen molar-refractivity contribution >= 4 is 35.0 Å². The van der Waals surface area contributed by atoms with Crippen LogP contribution in [0.4, 0.5) is 33.5 Å². The van der Waals surface area contributed by atoms with Crippen molar-refractivity contribution in [2.24, 2.45) is 0 Å². The highest BCUT2D eigenvalue weighted by Gasteiger charge is 2.12. The number of halogens is 1. The van der Waals surface area contributed by atoms with Gasteiger partial charge < -0.3 is 16.0 Å². The number of anilines is 5. The summed E-state index contributed by atoms with van der Waals surface area (Å²) in [5, 5.41) is 9.26. The molecule has 5 rings (SSSR count). The number of imidazole rings is 1. The molecule has 0 saturated carbocycles. The first-order valence-corrected chi connectivity index (χ1v) is 11.7. The molecule has 1 amide bonds. The minimum absolute atomic E-state index is 0.324. The first-order valence-electron chi connectivity index (χ1n) is 11.7. The molecular weight excluding hydrogens is 485 g/mol. The van der Waals surface area contributed by atoms with Crippen LogP contribution in [0.3, 0.4) is 0 Å². The van der Waals surface area contributed by atoms with Crippen molar-refractivity contribution in [2.45, 2.75) is 20.5 Å². The van der Waals surface area contributed by atoms with Gasteiger partial charge in [0.25, 0.3) is 5.91 Å². The summed E-state index contributed by atoms with van der Waals surface area (Å²) in [5.74, 6) is 1.73. The fraction of sp³-hybridized carbons (Fsp3) is 0.111. The highest BCUT2D eigenvalue weighted by molar-refractivity contribution is 6.04. The van der Waals surface area contributed by atoms with Gasteiger partial charge in [-0.05, 0) is 55.3 Å². The van der Waals surface area contributed by atoms with E-state index in [4.69, 9.17) is 0 Å². The van der Waals surface area contributed by atoms with Crippen LogP contribution in [-0.4, -0.2) is 35.4 Å². The number of aryl methyl sites for hydroxylation is 2. The molecule has 190 valence electrons. The maximum atomic E-state index is 13.0. The number of aromatic nitrogens is 6. The lowest BCUT2D eigenvalue weighted by molar-refractivity contribution is 0.102. The molecule has 3 N–H and O–H groups in total. The van der Waals surface area contributed by atoms with Crippen LogP contribution in [0, 0.1) is 13.8 Å². The fourth-order valence-electron chi connectivity index (χ4n) is 3.71. The van der Waals surface area contributed by atoms with Gasteiger partial charge in [-0.1, -0.05) is 18.2 Å². The minimum atomic E-state index is -0.629. The summed E-state index contributed by atoms with van der Waals surface area (Å²) in [6.45, 7) is 3.20. The Kier molecular flexibility index (Phi) is 6.98. The first-order chi connectivity index (χ1) is 18.5. The molecular formula is C27H24FN9O. The third kappa shape index (κ3) is 5.62. The molecule has 3 aromatic heterocycles. The van der Waals surface area contributed by atoms with Crippen LogP contribution in [0.5, 0.6) is 0 Å². The van der Waals surface area contributed by atoms with Crippen molar-refractivity contribution in [1.82, 2.24) is 29.5 Å². The van der Waals surface area contributed by atoms with Crippen LogP contribution in [0.25, 0.3) is 5.82 Å². The summed E-state index contributed by atoms with van der Waals surface area (Å²) in [4.78, 5) is 34.3. The maximum absolute atomic E-state index is 13.0. The van der Waals surface area contributed by atoms with Crippen molar-refractivity contribution < 1.29 is 9.18 Å². The van der Waals surface area contributed by atoms with E-state index in [1.165, 1.54) is 12.4 Å². The Morgan fingerprint density at radius 1 is 0.947 bits per heavy atom. The van der Waals surface area contributed by atoms with Crippen LogP contribution in [0.2, 0.25) is 0 Å². The molecule has 0 saturated heterocycles. The number of amides is 1. The molecule has 38 heavy (non-hydrogen) atoms. The number of hydrogen-bond donors (Lipinski definition) is 3. The fourth-order valence-corrected chi connectivity index (χ4v) is 3.71. The lowest BCUT2D eigenvalue weighted by Gasteiger charge is -2.14. The predicted octanol–water partition coefficient (Wildman–Crippen LogP) is 5.28. The minimum Gasteiger partial charge on any atom is -0.325 e. The number of hydrogen-bond acceptors (Lipinski definition) is 8. The van der Waals surface area contributed by atoms with Crippen LogP contribution in [0.15, 0.2) is 79.5 Å². The summed E-state index contributed by atoms with van der Waals surface area (Å²) < 4.78 is 14.8. The van der Waals surface area contributed by atoms with Gasteiger partial charge in [0.2, 0.25) is 11.9 Å². The number of benzene rings is 2. The second-order valence-electron chi connectivity index (χ2n) is 8.47. The third-order valence-corrected chi connectivity index (χ3v) is 5.66. The van der Waals surface area contributed by atoms with Crippen molar-refractivity contribution in [3.8, 4) is 5.82 Å². The molecule has 0 spiro atoms. The summed E-state index contributed by atoms with van der Waals surface area (Å²) in [6, 6.07) is 15.6. The van der Waals surface area contributed by atoms with Crippen molar-refractivity contribution in [3.63, 3.8) is 0 Å². The highest BCUT2D eigenvalue weighted by atomic mass is 19.1. The number of rotatable bonds is 8. The van der Waals surface area contributed by atoms with Gasteiger partial charge >= 0.3 is 0 Å². The number of nitrogens with zero attached hydrogens (tertiary/aromatic N) is 6. The van der Waals surface area contributed by atoms with Gasteiger partial charge in [-0.3, -0.25) is 9.36 Å². The van der Waals surface area contributed by atoms with Gasteiger partial charge in [0.15, 0.2) is 0 Å². The molecule has 10 nitrogen and oxygen atoms in total. The smallest absolute Gasteiger partial charge is 0.255 e. The summed E-state index contributed by atoms with van der Waals surface area (Å²) in [5.41, 5.74) is 3.94. The zero-order valence-electron chi connectivity index (χ0n) is 20.7. The predicted molar refractivity (Wildman–Crippen MR) is 143 cm³/mol. The molecule has 11 heteroatoms. The quantitative estimate of drug-likeness (QED) is 0.258. The van der Waals surface area contributed by atoms with Crippen molar-refractivity contribution in [2.75, 3.05) is 16.0 Å². The van der Waals surface area contributed by atoms with E-state index >= 15 is 0 Å². The monoisotopic (exact) mass is 509 g/mol. The SMILES string of the molecule is Cc1ccnc(Nc2cc(-n3ccnc3Nc3cc(NC(=O)c4cccc(CF)c4)ccc3C)ncn2)n1. The molecule has 0 fully saturated rings. The second kappa shape index (κ2) is 10.8. The van der Waals surface area contributed by atoms with Crippen molar-refractivity contribution in [3.05, 3.63) is 102 Å². The Labute approximate surface area is 218 Å². The molecule has 0 bridgehead atoms. The van der Waals surface area contributed by atoms with Gasteiger partial charge in [0, 0.05) is 47.3 Å². The third-order valence-electron chi connectivity index (χ3n) is 5.66. The maximum Gasteiger partial charge on any atom is 0.255 e. The largest absolute Gasteiger partial charge is 0.325 e. The van der Waals surface area contributed by atoms with E-state index < -0.39 is 6.67 Å². The van der Waals surface area contributed by atoms with Crippen LogP contribution in [-0.2, 0) is 6.67 Å². The molecule has 2 aromatic carbocycles. The number of alkyl halides is 1. The van der Waals surface area contributed by atoms with Gasteiger partial charge in [-0.15, -0.1) is 0 Å². The molecule has 0 aliphatic carbocycles.